The van der Waals surface area contributed by atoms with Crippen LogP contribution in [-0.2, 0) is 14.2 Å². The number of unbranched alkanes of at least 4 members (excludes halogenated alkanes) is 4. The van der Waals surface area contributed by atoms with Gasteiger partial charge in [-0.1, -0.05) is 59.3 Å². The van der Waals surface area contributed by atoms with Crippen molar-refractivity contribution in [1.82, 2.24) is 0 Å². The summed E-state index contributed by atoms with van der Waals surface area (Å²) >= 11 is 0. The third kappa shape index (κ3) is 6.29. The molecule has 0 aliphatic rings. The average molecular weight is 346 g/mol. The van der Waals surface area contributed by atoms with Crippen molar-refractivity contribution in [2.75, 3.05) is 19.8 Å². The Balaban J connectivity index is 5.27. The van der Waals surface area contributed by atoms with E-state index in [2.05, 4.69) is 20.8 Å². The van der Waals surface area contributed by atoms with Gasteiger partial charge in [-0.05, 0) is 39.5 Å². The van der Waals surface area contributed by atoms with Crippen LogP contribution in [0.1, 0.15) is 92.9 Å². The predicted octanol–water partition coefficient (Wildman–Crippen LogP) is 5.24. The molecule has 0 spiro atoms. The molecule has 0 radical (unpaired) electrons. The van der Waals surface area contributed by atoms with Crippen molar-refractivity contribution in [2.24, 2.45) is 11.7 Å². The van der Waals surface area contributed by atoms with Crippen molar-refractivity contribution in [2.45, 2.75) is 104 Å². The fourth-order valence-electron chi connectivity index (χ4n) is 3.67. The van der Waals surface area contributed by atoms with Crippen molar-refractivity contribution in [3.63, 3.8) is 0 Å². The molecule has 0 saturated heterocycles. The molecule has 4 heteroatoms. The lowest BCUT2D eigenvalue weighted by Gasteiger charge is -2.49. The van der Waals surface area contributed by atoms with Crippen LogP contribution < -0.4 is 5.73 Å². The van der Waals surface area contributed by atoms with E-state index in [9.17, 15) is 0 Å². The van der Waals surface area contributed by atoms with Crippen molar-refractivity contribution in [3.05, 3.63) is 0 Å². The van der Waals surface area contributed by atoms with E-state index >= 15 is 0 Å². The fraction of sp³-hybridized carbons (Fsp3) is 1.00. The topological polar surface area (TPSA) is 53.7 Å². The van der Waals surface area contributed by atoms with Crippen molar-refractivity contribution >= 4 is 0 Å². The molecule has 0 heterocycles. The third-order valence-corrected chi connectivity index (χ3v) is 5.04. The van der Waals surface area contributed by atoms with Crippen LogP contribution in [-0.4, -0.2) is 31.3 Å². The highest BCUT2D eigenvalue weighted by Gasteiger charge is 2.55. The lowest BCUT2D eigenvalue weighted by molar-refractivity contribution is -0.413. The van der Waals surface area contributed by atoms with E-state index in [1.54, 1.807) is 0 Å². The van der Waals surface area contributed by atoms with Crippen molar-refractivity contribution in [1.29, 1.82) is 0 Å². The van der Waals surface area contributed by atoms with Crippen LogP contribution in [0.3, 0.4) is 0 Å². The van der Waals surface area contributed by atoms with Crippen LogP contribution in [0.5, 0.6) is 0 Å². The summed E-state index contributed by atoms with van der Waals surface area (Å²) in [6, 6.07) is 0. The first-order valence-corrected chi connectivity index (χ1v) is 10.2. The van der Waals surface area contributed by atoms with Crippen LogP contribution in [0.25, 0.3) is 0 Å². The Morgan fingerprint density at radius 1 is 0.750 bits per heavy atom. The van der Waals surface area contributed by atoms with Gasteiger partial charge in [0, 0.05) is 19.8 Å². The van der Waals surface area contributed by atoms with E-state index in [1.165, 1.54) is 32.1 Å². The summed E-state index contributed by atoms with van der Waals surface area (Å²) in [5, 5.41) is 0. The van der Waals surface area contributed by atoms with Crippen molar-refractivity contribution in [3.8, 4) is 0 Å². The normalized spacial score (nSPS) is 16.1. The maximum absolute atomic E-state index is 6.96. The minimum Gasteiger partial charge on any atom is -0.326 e. The fourth-order valence-corrected chi connectivity index (χ4v) is 3.67. The Bertz CT molecular complexity index is 282. The molecule has 146 valence electrons. The molecule has 0 aromatic carbocycles. The molecule has 0 amide bonds. The van der Waals surface area contributed by atoms with Gasteiger partial charge in [0.25, 0.3) is 0 Å². The molecule has 0 saturated carbocycles. The molecular weight excluding hydrogens is 302 g/mol. The summed E-state index contributed by atoms with van der Waals surface area (Å²) in [5.41, 5.74) is 6.31. The van der Waals surface area contributed by atoms with Gasteiger partial charge in [0.05, 0.1) is 0 Å². The number of ether oxygens (including phenoxy) is 3. The highest BCUT2D eigenvalue weighted by atomic mass is 16.9. The van der Waals surface area contributed by atoms with Crippen LogP contribution >= 0.6 is 0 Å². The van der Waals surface area contributed by atoms with Gasteiger partial charge in [-0.25, -0.2) is 0 Å². The van der Waals surface area contributed by atoms with Gasteiger partial charge in [-0.15, -0.1) is 0 Å². The van der Waals surface area contributed by atoms with E-state index in [0.717, 1.165) is 19.3 Å². The van der Waals surface area contributed by atoms with Crippen LogP contribution in [0, 0.1) is 5.92 Å². The van der Waals surface area contributed by atoms with Crippen LogP contribution in [0.4, 0.5) is 0 Å². The molecular formula is C20H43NO3. The summed E-state index contributed by atoms with van der Waals surface area (Å²) < 4.78 is 18.1. The summed E-state index contributed by atoms with van der Waals surface area (Å²) in [6.45, 7) is 14.0. The molecule has 2 unspecified atom stereocenters. The van der Waals surface area contributed by atoms with Gasteiger partial charge < -0.3 is 19.9 Å². The third-order valence-electron chi connectivity index (χ3n) is 5.04. The Morgan fingerprint density at radius 3 is 1.62 bits per heavy atom. The van der Waals surface area contributed by atoms with Gasteiger partial charge in [0.15, 0.2) is 0 Å². The summed E-state index contributed by atoms with van der Waals surface area (Å²) in [7, 11) is 0. The molecule has 0 aromatic rings. The zero-order valence-corrected chi connectivity index (χ0v) is 17.2. The molecule has 4 nitrogen and oxygen atoms in total. The Labute approximate surface area is 150 Å². The van der Waals surface area contributed by atoms with E-state index in [4.69, 9.17) is 19.9 Å². The summed E-state index contributed by atoms with van der Waals surface area (Å²) in [4.78, 5) is 0. The Hall–Kier alpha value is -0.160. The van der Waals surface area contributed by atoms with E-state index < -0.39 is 11.5 Å². The monoisotopic (exact) mass is 345 g/mol. The zero-order valence-electron chi connectivity index (χ0n) is 17.2. The molecule has 24 heavy (non-hydrogen) atoms. The average Bonchev–Trinajstić information content (AvgIpc) is 2.58. The molecule has 0 aliphatic carbocycles. The molecule has 2 N–H and O–H groups in total. The van der Waals surface area contributed by atoms with E-state index in [-0.39, 0.29) is 0 Å². The van der Waals surface area contributed by atoms with Gasteiger partial charge in [0.2, 0.25) is 0 Å². The standard InChI is InChI=1S/C20H43NO3/c1-7-13-14-15-16-17-18(8-2)19(21,9-3)20(22-10-4,23-11-5)24-12-6/h18H,7-17,21H2,1-6H3. The minimum atomic E-state index is -1.15. The SMILES string of the molecule is CCCCCCCC(CC)C(N)(CC)C(OCC)(OCC)OCC. The van der Waals surface area contributed by atoms with Crippen molar-refractivity contribution < 1.29 is 14.2 Å². The zero-order chi connectivity index (χ0) is 18.5. The molecule has 2 atom stereocenters. The first kappa shape index (κ1) is 23.8. The number of hydrogen-bond acceptors (Lipinski definition) is 4. The quantitative estimate of drug-likeness (QED) is 0.307. The largest absolute Gasteiger partial charge is 0.326 e. The summed E-state index contributed by atoms with van der Waals surface area (Å²) in [6.07, 6.45) is 9.25. The second-order valence-electron chi connectivity index (χ2n) is 6.56. The minimum absolute atomic E-state index is 0.314. The Kier molecular flexibility index (Phi) is 13.0. The number of rotatable bonds is 16. The second kappa shape index (κ2) is 13.1. The highest BCUT2D eigenvalue weighted by molar-refractivity contribution is 4.98. The molecule has 0 aromatic heterocycles. The number of nitrogens with two attached hydrogens (primary N) is 1. The van der Waals surface area contributed by atoms with E-state index in [0.29, 0.717) is 25.7 Å². The maximum Gasteiger partial charge on any atom is 0.302 e. The van der Waals surface area contributed by atoms with Gasteiger partial charge in [0.1, 0.15) is 5.54 Å². The molecule has 0 aliphatic heterocycles. The smallest absolute Gasteiger partial charge is 0.302 e. The first-order valence-electron chi connectivity index (χ1n) is 10.2. The van der Waals surface area contributed by atoms with Gasteiger partial charge >= 0.3 is 5.97 Å². The van der Waals surface area contributed by atoms with E-state index in [1.807, 2.05) is 20.8 Å². The Morgan fingerprint density at radius 2 is 1.25 bits per heavy atom. The lowest BCUT2D eigenvalue weighted by Crippen LogP contribution is -2.68. The summed E-state index contributed by atoms with van der Waals surface area (Å²) in [5.74, 6) is -0.835. The predicted molar refractivity (Wildman–Crippen MR) is 102 cm³/mol. The van der Waals surface area contributed by atoms with Crippen LogP contribution in [0.15, 0.2) is 0 Å². The molecule has 0 rings (SSSR count). The van der Waals surface area contributed by atoms with Gasteiger partial charge in [-0.3, -0.25) is 0 Å². The second-order valence-corrected chi connectivity index (χ2v) is 6.56. The molecule has 0 fully saturated rings. The maximum atomic E-state index is 6.96. The lowest BCUT2D eigenvalue weighted by atomic mass is 9.75. The number of hydrogen-bond donors (Lipinski definition) is 1. The molecule has 0 bridgehead atoms. The van der Waals surface area contributed by atoms with Crippen LogP contribution in [0.2, 0.25) is 0 Å². The highest BCUT2D eigenvalue weighted by Crippen LogP contribution is 2.40. The van der Waals surface area contributed by atoms with Gasteiger partial charge in [-0.2, -0.15) is 0 Å². The first-order chi connectivity index (χ1) is 11.5.